The number of anilines is 2. The van der Waals surface area contributed by atoms with Crippen LogP contribution < -0.4 is 26.2 Å². The van der Waals surface area contributed by atoms with E-state index in [-0.39, 0.29) is 39.7 Å². The van der Waals surface area contributed by atoms with Crippen LogP contribution in [0.2, 0.25) is 0 Å². The third kappa shape index (κ3) is 10.9. The Bertz CT molecular complexity index is 2140. The van der Waals surface area contributed by atoms with Gasteiger partial charge >= 0.3 is 0 Å². The fourth-order valence-electron chi connectivity index (χ4n) is 5.76. The molecule has 5 aromatic rings. The number of hydrogen-bond acceptors (Lipinski definition) is 11. The van der Waals surface area contributed by atoms with Crippen LogP contribution in [0.15, 0.2) is 86.4 Å². The first-order valence-electron chi connectivity index (χ1n) is 18.6. The van der Waals surface area contributed by atoms with Gasteiger partial charge in [0.2, 0.25) is 12.3 Å². The summed E-state index contributed by atoms with van der Waals surface area (Å²) < 4.78 is 7.58. The fraction of sp³-hybridized carbons (Fsp3) is 0.357. The lowest BCUT2D eigenvalue weighted by Gasteiger charge is -2.30. The molecule has 0 saturated carbocycles. The van der Waals surface area contributed by atoms with E-state index < -0.39 is 0 Å². The number of aromatic nitrogens is 2. The molecule has 1 aromatic heterocycles. The maximum Gasteiger partial charge on any atom is 0.255 e. The third-order valence-corrected chi connectivity index (χ3v) is 13.1. The summed E-state index contributed by atoms with van der Waals surface area (Å²) in [5.74, 6) is 0.407. The zero-order valence-electron chi connectivity index (χ0n) is 32.7. The largest absolute Gasteiger partial charge is 0.506 e. The van der Waals surface area contributed by atoms with Crippen molar-refractivity contribution >= 4 is 75.2 Å². The number of phenols is 1. The van der Waals surface area contributed by atoms with Gasteiger partial charge in [0.05, 0.1) is 23.6 Å². The van der Waals surface area contributed by atoms with Gasteiger partial charge < -0.3 is 20.5 Å². The molecule has 0 fully saturated rings. The van der Waals surface area contributed by atoms with Crippen LogP contribution in [0.3, 0.4) is 0 Å². The monoisotopic (exact) mass is 814 g/mol. The molecule has 5 N–H and O–H groups in total. The highest BCUT2D eigenvalue weighted by Gasteiger charge is 2.27. The van der Waals surface area contributed by atoms with Crippen LogP contribution in [0.4, 0.5) is 11.4 Å². The van der Waals surface area contributed by atoms with E-state index in [0.717, 1.165) is 35.3 Å². The Hall–Kier alpha value is -4.79. The molecule has 0 radical (unpaired) electrons. The highest BCUT2D eigenvalue weighted by atomic mass is 32.2. The van der Waals surface area contributed by atoms with Gasteiger partial charge in [-0.3, -0.25) is 25.2 Å². The van der Waals surface area contributed by atoms with Crippen LogP contribution in [0.5, 0.6) is 11.5 Å². The van der Waals surface area contributed by atoms with Gasteiger partial charge in [0.15, 0.2) is 8.68 Å². The van der Waals surface area contributed by atoms with E-state index >= 15 is 0 Å². The summed E-state index contributed by atoms with van der Waals surface area (Å²) in [5, 5.41) is 26.9. The average molecular weight is 815 g/mol. The van der Waals surface area contributed by atoms with Gasteiger partial charge in [0.25, 0.3) is 5.91 Å². The van der Waals surface area contributed by atoms with Crippen molar-refractivity contribution in [3.63, 3.8) is 0 Å². The van der Waals surface area contributed by atoms with Gasteiger partial charge in [0, 0.05) is 28.1 Å². The Morgan fingerprint density at radius 2 is 1.57 bits per heavy atom. The first-order chi connectivity index (χ1) is 26.8. The van der Waals surface area contributed by atoms with Crippen molar-refractivity contribution in [2.75, 3.05) is 29.6 Å². The summed E-state index contributed by atoms with van der Waals surface area (Å²) in [6.45, 7) is 14.5. The molecule has 0 saturated heterocycles. The molecular formula is C42H50N6O5S3. The number of hydrazine groups is 1. The minimum Gasteiger partial charge on any atom is -0.506 e. The van der Waals surface area contributed by atoms with E-state index in [9.17, 15) is 19.5 Å². The van der Waals surface area contributed by atoms with Gasteiger partial charge in [-0.05, 0) is 83.9 Å². The molecule has 1 heterocycles. The van der Waals surface area contributed by atoms with Gasteiger partial charge in [-0.1, -0.05) is 113 Å². The number of unbranched alkanes of at least 4 members (excludes halogenated alkanes) is 1. The standard InChI is InChI=1S/C42H50N6O5S3/c1-7-41(3,4)27-15-20-34(33(23-27)42(5,6)8-2)53-22-12-11-21-43-38(52)32-24-35(30-13-9-10-14-31(30)37(32)51)55-40-48-47-39(56-40)54-25-36(50)45-28-16-18-29(19-17-28)46-44-26-49/h9-10,13-20,23-24,26,46,51H,7-8,11-12,21-22,25H2,1-6H3,(H,43,52)(H,44,49)(H,45,50). The lowest BCUT2D eigenvalue weighted by molar-refractivity contribution is -0.113. The second-order valence-electron chi connectivity index (χ2n) is 14.6. The lowest BCUT2D eigenvalue weighted by Crippen LogP contribution is -2.25. The number of aromatic hydroxyl groups is 1. The summed E-state index contributed by atoms with van der Waals surface area (Å²) in [4.78, 5) is 37.2. The molecule has 0 aliphatic rings. The molecule has 11 nitrogen and oxygen atoms in total. The molecule has 56 heavy (non-hydrogen) atoms. The Kier molecular flexibility index (Phi) is 14.7. The second-order valence-corrected chi connectivity index (χ2v) is 18.0. The van der Waals surface area contributed by atoms with Crippen LogP contribution >= 0.6 is 34.9 Å². The van der Waals surface area contributed by atoms with E-state index in [2.05, 4.69) is 91.4 Å². The van der Waals surface area contributed by atoms with Crippen molar-refractivity contribution in [1.82, 2.24) is 20.9 Å². The Balaban J connectivity index is 1.16. The molecule has 0 atom stereocenters. The zero-order chi connectivity index (χ0) is 40.3. The van der Waals surface area contributed by atoms with Crippen molar-refractivity contribution in [3.05, 3.63) is 89.5 Å². The highest BCUT2D eigenvalue weighted by Crippen LogP contribution is 2.42. The number of hydrogen-bond donors (Lipinski definition) is 5. The molecule has 0 bridgehead atoms. The van der Waals surface area contributed by atoms with Gasteiger partial charge in [-0.15, -0.1) is 10.2 Å². The number of rotatable bonds is 20. The van der Waals surface area contributed by atoms with E-state index in [1.54, 1.807) is 36.4 Å². The number of thioether (sulfide) groups is 1. The molecular weight excluding hydrogens is 765 g/mol. The molecule has 0 spiro atoms. The predicted octanol–water partition coefficient (Wildman–Crippen LogP) is 9.32. The Morgan fingerprint density at radius 1 is 0.875 bits per heavy atom. The molecule has 0 unspecified atom stereocenters. The number of ether oxygens (including phenoxy) is 1. The van der Waals surface area contributed by atoms with E-state index in [4.69, 9.17) is 4.74 Å². The van der Waals surface area contributed by atoms with E-state index in [1.165, 1.54) is 46.0 Å². The van der Waals surface area contributed by atoms with Crippen molar-refractivity contribution in [3.8, 4) is 11.5 Å². The lowest BCUT2D eigenvalue weighted by atomic mass is 9.76. The number of benzene rings is 4. The van der Waals surface area contributed by atoms with Crippen LogP contribution in [-0.4, -0.2) is 52.4 Å². The predicted molar refractivity (Wildman–Crippen MR) is 228 cm³/mol. The molecule has 14 heteroatoms. The highest BCUT2D eigenvalue weighted by molar-refractivity contribution is 8.03. The molecule has 4 aromatic carbocycles. The van der Waals surface area contributed by atoms with Crippen LogP contribution in [-0.2, 0) is 20.4 Å². The number of amides is 3. The van der Waals surface area contributed by atoms with Crippen molar-refractivity contribution < 1.29 is 24.2 Å². The second kappa shape index (κ2) is 19.4. The number of carbonyl (C=O) groups excluding carboxylic acids is 3. The van der Waals surface area contributed by atoms with Gasteiger partial charge in [-0.2, -0.15) is 0 Å². The number of nitrogens with zero attached hydrogens (tertiary/aromatic N) is 2. The summed E-state index contributed by atoms with van der Waals surface area (Å²) in [6, 6.07) is 22.6. The van der Waals surface area contributed by atoms with Gasteiger partial charge in [0.1, 0.15) is 11.5 Å². The fourth-order valence-corrected chi connectivity index (χ4v) is 8.71. The smallest absolute Gasteiger partial charge is 0.255 e. The van der Waals surface area contributed by atoms with Crippen molar-refractivity contribution in [1.29, 1.82) is 0 Å². The Labute approximate surface area is 341 Å². The maximum absolute atomic E-state index is 13.4. The number of fused-ring (bicyclic) bond motifs is 1. The Morgan fingerprint density at radius 3 is 2.29 bits per heavy atom. The summed E-state index contributed by atoms with van der Waals surface area (Å²) >= 11 is 3.97. The van der Waals surface area contributed by atoms with Crippen LogP contribution in [0.1, 0.15) is 88.7 Å². The zero-order valence-corrected chi connectivity index (χ0v) is 35.1. The summed E-state index contributed by atoms with van der Waals surface area (Å²) in [6.07, 6.45) is 4.04. The molecule has 0 aliphatic heterocycles. The van der Waals surface area contributed by atoms with Crippen molar-refractivity contribution in [2.24, 2.45) is 0 Å². The molecule has 0 aliphatic carbocycles. The average Bonchev–Trinajstić information content (AvgIpc) is 3.66. The quantitative estimate of drug-likeness (QED) is 0.0222. The number of nitrogens with one attached hydrogen (secondary N) is 4. The first kappa shape index (κ1) is 42.4. The molecule has 296 valence electrons. The topological polar surface area (TPSA) is 155 Å². The normalized spacial score (nSPS) is 11.6. The number of phenolic OH excluding ortho intramolecular Hbond substituents is 1. The summed E-state index contributed by atoms with van der Waals surface area (Å²) in [7, 11) is 0. The third-order valence-electron chi connectivity index (χ3n) is 9.95. The van der Waals surface area contributed by atoms with Crippen molar-refractivity contribution in [2.45, 2.75) is 91.6 Å². The minimum atomic E-state index is -0.361. The maximum atomic E-state index is 13.4. The molecule has 3 amide bonds. The van der Waals surface area contributed by atoms with E-state index in [1.807, 2.05) is 18.2 Å². The first-order valence-corrected chi connectivity index (χ1v) is 21.3. The minimum absolute atomic E-state index is 0.0245. The van der Waals surface area contributed by atoms with Crippen LogP contribution in [0, 0.1) is 0 Å². The van der Waals surface area contributed by atoms with E-state index in [0.29, 0.717) is 51.4 Å². The molecule has 5 rings (SSSR count). The summed E-state index contributed by atoms with van der Waals surface area (Å²) in [5.41, 5.74) is 9.14. The SMILES string of the molecule is CCC(C)(C)c1ccc(OCCCCNC(=O)c2cc(Sc3nnc(SCC(=O)Nc4ccc(NNC=O)cc4)s3)c3ccccc3c2O)c(C(C)(C)CC)c1. The number of carbonyl (C=O) groups is 3. The van der Waals surface area contributed by atoms with Gasteiger partial charge in [-0.25, -0.2) is 0 Å². The van der Waals surface area contributed by atoms with Crippen LogP contribution in [0.25, 0.3) is 10.8 Å².